The smallest absolute Gasteiger partial charge is 0.225 e. The zero-order valence-electron chi connectivity index (χ0n) is 13.1. The van der Waals surface area contributed by atoms with Gasteiger partial charge in [-0.1, -0.05) is 25.1 Å². The lowest BCUT2D eigenvalue weighted by Crippen LogP contribution is -2.14. The van der Waals surface area contributed by atoms with Gasteiger partial charge in [0.25, 0.3) is 0 Å². The van der Waals surface area contributed by atoms with Crippen LogP contribution in [0.4, 0.5) is 11.4 Å². The number of hydrogen-bond donors (Lipinski definition) is 2. The van der Waals surface area contributed by atoms with Gasteiger partial charge in [0.1, 0.15) is 0 Å². The number of para-hydroxylation sites is 1. The van der Waals surface area contributed by atoms with Crippen LogP contribution in [0.5, 0.6) is 0 Å². The van der Waals surface area contributed by atoms with Crippen molar-refractivity contribution in [3.05, 3.63) is 53.6 Å². The van der Waals surface area contributed by atoms with E-state index >= 15 is 0 Å². The summed E-state index contributed by atoms with van der Waals surface area (Å²) in [5, 5.41) is 3.05. The number of nitrogens with one attached hydrogen (secondary N) is 1. The number of thioether (sulfide) groups is 1. The van der Waals surface area contributed by atoms with Gasteiger partial charge in [0, 0.05) is 28.4 Å². The van der Waals surface area contributed by atoms with Crippen molar-refractivity contribution < 1.29 is 4.79 Å². The molecule has 1 amide bonds. The number of nitrogen functional groups attached to an aromatic ring is 1. The Labute approximate surface area is 136 Å². The van der Waals surface area contributed by atoms with Crippen LogP contribution in [0.25, 0.3) is 0 Å². The molecule has 0 unspecified atom stereocenters. The third-order valence-electron chi connectivity index (χ3n) is 3.48. The van der Waals surface area contributed by atoms with E-state index < -0.39 is 0 Å². The predicted molar refractivity (Wildman–Crippen MR) is 95.4 cm³/mol. The number of amides is 1. The third kappa shape index (κ3) is 4.53. The van der Waals surface area contributed by atoms with Crippen molar-refractivity contribution in [2.45, 2.75) is 31.6 Å². The molecular weight excluding hydrogens is 292 g/mol. The number of benzene rings is 2. The van der Waals surface area contributed by atoms with Gasteiger partial charge in [0.15, 0.2) is 0 Å². The molecule has 116 valence electrons. The first-order valence-corrected chi connectivity index (χ1v) is 8.45. The van der Waals surface area contributed by atoms with Crippen molar-refractivity contribution in [1.82, 2.24) is 0 Å². The summed E-state index contributed by atoms with van der Waals surface area (Å²) in [7, 11) is 0. The van der Waals surface area contributed by atoms with E-state index in [1.165, 1.54) is 5.56 Å². The molecule has 0 aliphatic carbocycles. The highest BCUT2D eigenvalue weighted by molar-refractivity contribution is 7.99. The minimum Gasteiger partial charge on any atom is -0.399 e. The summed E-state index contributed by atoms with van der Waals surface area (Å²) in [5.74, 6) is 0.815. The van der Waals surface area contributed by atoms with Crippen molar-refractivity contribution in [2.24, 2.45) is 0 Å². The first-order valence-electron chi connectivity index (χ1n) is 7.47. The fourth-order valence-electron chi connectivity index (χ4n) is 2.23. The molecule has 0 heterocycles. The quantitative estimate of drug-likeness (QED) is 0.619. The van der Waals surface area contributed by atoms with Crippen molar-refractivity contribution in [3.63, 3.8) is 0 Å². The van der Waals surface area contributed by atoms with E-state index in [2.05, 4.69) is 18.3 Å². The molecule has 0 bridgehead atoms. The zero-order valence-corrected chi connectivity index (χ0v) is 13.9. The van der Waals surface area contributed by atoms with Crippen molar-refractivity contribution in [3.8, 4) is 0 Å². The Morgan fingerprint density at radius 3 is 2.59 bits per heavy atom. The van der Waals surface area contributed by atoms with Gasteiger partial charge in [-0.3, -0.25) is 4.79 Å². The maximum atomic E-state index is 12.1. The minimum absolute atomic E-state index is 0.0620. The van der Waals surface area contributed by atoms with Crippen LogP contribution < -0.4 is 11.1 Å². The van der Waals surface area contributed by atoms with Gasteiger partial charge in [-0.15, -0.1) is 11.8 Å². The van der Waals surface area contributed by atoms with E-state index in [0.29, 0.717) is 6.42 Å². The highest BCUT2D eigenvalue weighted by Gasteiger charge is 2.08. The molecular formula is C18H22N2OS. The minimum atomic E-state index is 0.0620. The maximum absolute atomic E-state index is 12.1. The summed E-state index contributed by atoms with van der Waals surface area (Å²) < 4.78 is 0. The van der Waals surface area contributed by atoms with Gasteiger partial charge in [0.05, 0.1) is 0 Å². The number of carbonyl (C=O) groups is 1. The summed E-state index contributed by atoms with van der Waals surface area (Å²) in [5.41, 5.74) is 9.67. The van der Waals surface area contributed by atoms with E-state index in [1.54, 1.807) is 11.8 Å². The normalized spacial score (nSPS) is 10.5. The summed E-state index contributed by atoms with van der Waals surface area (Å²) >= 11 is 1.67. The van der Waals surface area contributed by atoms with Crippen LogP contribution >= 0.6 is 11.8 Å². The Hall–Kier alpha value is -1.94. The Morgan fingerprint density at radius 1 is 1.18 bits per heavy atom. The maximum Gasteiger partial charge on any atom is 0.225 e. The van der Waals surface area contributed by atoms with Crippen molar-refractivity contribution >= 4 is 29.0 Å². The number of nitrogens with two attached hydrogens (primary N) is 1. The second-order valence-corrected chi connectivity index (χ2v) is 6.35. The molecule has 0 aromatic heterocycles. The second-order valence-electron chi connectivity index (χ2n) is 5.18. The summed E-state index contributed by atoms with van der Waals surface area (Å²) in [6.07, 6.45) is 1.41. The Balaban J connectivity index is 1.87. The van der Waals surface area contributed by atoms with Crippen LogP contribution in [0.2, 0.25) is 0 Å². The third-order valence-corrected chi connectivity index (χ3v) is 4.50. The molecule has 2 aromatic rings. The van der Waals surface area contributed by atoms with E-state index in [0.717, 1.165) is 34.0 Å². The number of rotatable bonds is 6. The number of aryl methyl sites for hydroxylation is 2. The summed E-state index contributed by atoms with van der Waals surface area (Å²) in [6, 6.07) is 13.8. The second kappa shape index (κ2) is 7.90. The lowest BCUT2D eigenvalue weighted by molar-refractivity contribution is -0.115. The molecule has 0 atom stereocenters. The van der Waals surface area contributed by atoms with Gasteiger partial charge >= 0.3 is 0 Å². The largest absolute Gasteiger partial charge is 0.399 e. The Bertz CT molecular complexity index is 638. The standard InChI is InChI=1S/C18H22N2OS/c1-3-14-6-4-5-13(2)18(14)20-17(21)11-12-22-16-9-7-15(19)8-10-16/h4-10H,3,11-12,19H2,1-2H3,(H,20,21). The Kier molecular flexibility index (Phi) is 5.90. The van der Waals surface area contributed by atoms with Crippen LogP contribution in [-0.4, -0.2) is 11.7 Å². The highest BCUT2D eigenvalue weighted by atomic mass is 32.2. The molecule has 0 saturated carbocycles. The zero-order chi connectivity index (χ0) is 15.9. The summed E-state index contributed by atoms with van der Waals surface area (Å²) in [6.45, 7) is 4.12. The van der Waals surface area contributed by atoms with Crippen LogP contribution in [0.1, 0.15) is 24.5 Å². The fourth-order valence-corrected chi connectivity index (χ4v) is 3.08. The molecule has 0 radical (unpaired) electrons. The molecule has 2 aromatic carbocycles. The van der Waals surface area contributed by atoms with E-state index in [1.807, 2.05) is 43.3 Å². The molecule has 3 nitrogen and oxygen atoms in total. The molecule has 0 spiro atoms. The molecule has 0 aliphatic rings. The topological polar surface area (TPSA) is 55.1 Å². The molecule has 3 N–H and O–H groups in total. The first-order chi connectivity index (χ1) is 10.6. The highest BCUT2D eigenvalue weighted by Crippen LogP contribution is 2.23. The molecule has 0 fully saturated rings. The predicted octanol–water partition coefficient (Wildman–Crippen LogP) is 4.26. The lowest BCUT2D eigenvalue weighted by Gasteiger charge is -2.12. The number of hydrogen-bond acceptors (Lipinski definition) is 3. The lowest BCUT2D eigenvalue weighted by atomic mass is 10.1. The number of carbonyl (C=O) groups excluding carboxylic acids is 1. The van der Waals surface area contributed by atoms with Crippen molar-refractivity contribution in [2.75, 3.05) is 16.8 Å². The molecule has 0 saturated heterocycles. The van der Waals surface area contributed by atoms with Crippen molar-refractivity contribution in [1.29, 1.82) is 0 Å². The van der Waals surface area contributed by atoms with Gasteiger partial charge in [-0.05, 0) is 48.7 Å². The molecule has 0 aliphatic heterocycles. The SMILES string of the molecule is CCc1cccc(C)c1NC(=O)CCSc1ccc(N)cc1. The summed E-state index contributed by atoms with van der Waals surface area (Å²) in [4.78, 5) is 13.3. The molecule has 4 heteroatoms. The van der Waals surface area contributed by atoms with E-state index in [-0.39, 0.29) is 5.91 Å². The van der Waals surface area contributed by atoms with E-state index in [9.17, 15) is 4.79 Å². The van der Waals surface area contributed by atoms with Gasteiger partial charge in [-0.2, -0.15) is 0 Å². The first kappa shape index (κ1) is 16.4. The van der Waals surface area contributed by atoms with Crippen LogP contribution in [0.3, 0.4) is 0 Å². The van der Waals surface area contributed by atoms with Gasteiger partial charge < -0.3 is 11.1 Å². The average molecular weight is 314 g/mol. The molecule has 2 rings (SSSR count). The monoisotopic (exact) mass is 314 g/mol. The van der Waals surface area contributed by atoms with Gasteiger partial charge in [-0.25, -0.2) is 0 Å². The number of anilines is 2. The van der Waals surface area contributed by atoms with Crippen LogP contribution in [0.15, 0.2) is 47.4 Å². The average Bonchev–Trinajstić information content (AvgIpc) is 2.51. The fraction of sp³-hybridized carbons (Fsp3) is 0.278. The van der Waals surface area contributed by atoms with Crippen LogP contribution in [0, 0.1) is 6.92 Å². The Morgan fingerprint density at radius 2 is 1.91 bits per heavy atom. The van der Waals surface area contributed by atoms with E-state index in [4.69, 9.17) is 5.73 Å². The van der Waals surface area contributed by atoms with Crippen LogP contribution in [-0.2, 0) is 11.2 Å². The molecule has 22 heavy (non-hydrogen) atoms. The van der Waals surface area contributed by atoms with Gasteiger partial charge in [0.2, 0.25) is 5.91 Å².